The van der Waals surface area contributed by atoms with Crippen LogP contribution in [0, 0.1) is 0 Å². The van der Waals surface area contributed by atoms with E-state index in [1.807, 2.05) is 31.2 Å². The number of nitrogens with zero attached hydrogens (tertiary/aromatic N) is 1. The number of carbonyl (C=O) groups excluding carboxylic acids is 1. The number of benzene rings is 1. The highest BCUT2D eigenvalue weighted by Gasteiger charge is 2.29. The highest BCUT2D eigenvalue weighted by Crippen LogP contribution is 2.30. The second-order valence-electron chi connectivity index (χ2n) is 4.90. The van der Waals surface area contributed by atoms with Crippen molar-refractivity contribution in [2.24, 2.45) is 0 Å². The quantitative estimate of drug-likeness (QED) is 0.856. The van der Waals surface area contributed by atoms with Crippen molar-refractivity contribution < 1.29 is 14.7 Å². The Balaban J connectivity index is 2.23. The highest BCUT2D eigenvalue weighted by atomic mass is 16.4. The lowest BCUT2D eigenvalue weighted by Crippen LogP contribution is -2.51. The summed E-state index contributed by atoms with van der Waals surface area (Å²) in [5.41, 5.74) is 2.00. The van der Waals surface area contributed by atoms with Crippen LogP contribution in [0.4, 0.5) is 10.5 Å². The summed E-state index contributed by atoms with van der Waals surface area (Å²) < 4.78 is 0. The molecule has 2 atom stereocenters. The molecule has 0 aliphatic carbocycles. The summed E-state index contributed by atoms with van der Waals surface area (Å²) in [6, 6.07) is 6.56. The molecule has 2 amide bonds. The molecule has 0 spiro atoms. The molecule has 0 saturated heterocycles. The van der Waals surface area contributed by atoms with Crippen molar-refractivity contribution in [1.29, 1.82) is 0 Å². The van der Waals surface area contributed by atoms with E-state index in [2.05, 4.69) is 5.32 Å². The summed E-state index contributed by atoms with van der Waals surface area (Å²) >= 11 is 0. The number of para-hydroxylation sites is 1. The zero-order valence-corrected chi connectivity index (χ0v) is 11.1. The number of hydrogen-bond donors (Lipinski definition) is 2. The molecule has 2 rings (SSSR count). The largest absolute Gasteiger partial charge is 0.480 e. The van der Waals surface area contributed by atoms with Gasteiger partial charge in [-0.15, -0.1) is 0 Å². The molecule has 1 heterocycles. The van der Waals surface area contributed by atoms with Gasteiger partial charge in [0.2, 0.25) is 0 Å². The summed E-state index contributed by atoms with van der Waals surface area (Å²) in [5, 5.41) is 11.4. The normalized spacial score (nSPS) is 19.5. The fourth-order valence-electron chi connectivity index (χ4n) is 2.31. The van der Waals surface area contributed by atoms with E-state index in [4.69, 9.17) is 5.11 Å². The molecule has 1 aromatic carbocycles. The van der Waals surface area contributed by atoms with Gasteiger partial charge in [0.25, 0.3) is 0 Å². The maximum absolute atomic E-state index is 12.2. The summed E-state index contributed by atoms with van der Waals surface area (Å²) in [7, 11) is 0. The minimum atomic E-state index is -1.04. The maximum Gasteiger partial charge on any atom is 0.325 e. The van der Waals surface area contributed by atoms with Crippen molar-refractivity contribution in [3.05, 3.63) is 29.8 Å². The summed E-state index contributed by atoms with van der Waals surface area (Å²) in [5.74, 6) is -1.04. The first-order valence-electron chi connectivity index (χ1n) is 6.41. The van der Waals surface area contributed by atoms with Gasteiger partial charge in [-0.25, -0.2) is 4.79 Å². The van der Waals surface area contributed by atoms with Crippen LogP contribution in [0.25, 0.3) is 0 Å². The number of hydrogen-bond acceptors (Lipinski definition) is 2. The Hall–Kier alpha value is -2.04. The molecule has 0 fully saturated rings. The van der Waals surface area contributed by atoms with E-state index in [-0.39, 0.29) is 12.1 Å². The van der Waals surface area contributed by atoms with Crippen molar-refractivity contribution in [2.75, 3.05) is 4.90 Å². The van der Waals surface area contributed by atoms with Gasteiger partial charge in [0.15, 0.2) is 0 Å². The van der Waals surface area contributed by atoms with Gasteiger partial charge in [-0.2, -0.15) is 0 Å². The van der Waals surface area contributed by atoms with E-state index >= 15 is 0 Å². The lowest BCUT2D eigenvalue weighted by Gasteiger charge is -2.35. The SMILES string of the molecule is CC1CCc2ccccc2N1C(=O)N[C@H](C)C(=O)O. The fraction of sp³-hybridized carbons (Fsp3) is 0.429. The van der Waals surface area contributed by atoms with Crippen LogP contribution in [0.15, 0.2) is 24.3 Å². The molecule has 0 aromatic heterocycles. The highest BCUT2D eigenvalue weighted by molar-refractivity contribution is 5.96. The number of carboxylic acid groups (broad SMARTS) is 1. The number of amides is 2. The summed E-state index contributed by atoms with van der Waals surface area (Å²) in [6.07, 6.45) is 1.82. The first kappa shape index (κ1) is 13.4. The van der Waals surface area contributed by atoms with Gasteiger partial charge in [0, 0.05) is 11.7 Å². The molecule has 2 N–H and O–H groups in total. The molecular formula is C14H18N2O3. The minimum absolute atomic E-state index is 0.0656. The van der Waals surface area contributed by atoms with Crippen molar-refractivity contribution >= 4 is 17.7 Å². The minimum Gasteiger partial charge on any atom is -0.480 e. The maximum atomic E-state index is 12.2. The van der Waals surface area contributed by atoms with Crippen LogP contribution in [0.3, 0.4) is 0 Å². The molecule has 1 aliphatic rings. The van der Waals surface area contributed by atoms with E-state index < -0.39 is 12.0 Å². The number of rotatable bonds is 2. The standard InChI is InChI=1S/C14H18N2O3/c1-9-7-8-11-5-3-4-6-12(11)16(9)14(19)15-10(2)13(17)18/h3-6,9-10H,7-8H2,1-2H3,(H,15,19)(H,17,18)/t9?,10-/m1/s1. The first-order chi connectivity index (χ1) is 9.00. The second-order valence-corrected chi connectivity index (χ2v) is 4.90. The van der Waals surface area contributed by atoms with E-state index in [1.165, 1.54) is 6.92 Å². The number of carbonyl (C=O) groups is 2. The van der Waals surface area contributed by atoms with Crippen LogP contribution < -0.4 is 10.2 Å². The number of carboxylic acids is 1. The molecule has 0 saturated carbocycles. The lowest BCUT2D eigenvalue weighted by molar-refractivity contribution is -0.138. The number of nitrogens with one attached hydrogen (secondary N) is 1. The molecule has 0 bridgehead atoms. The number of aryl methyl sites for hydroxylation is 1. The Labute approximate surface area is 112 Å². The van der Waals surface area contributed by atoms with Crippen molar-refractivity contribution in [3.63, 3.8) is 0 Å². The summed E-state index contributed by atoms with van der Waals surface area (Å²) in [6.45, 7) is 3.43. The first-order valence-corrected chi connectivity index (χ1v) is 6.41. The molecule has 0 radical (unpaired) electrons. The molecule has 5 heteroatoms. The van der Waals surface area contributed by atoms with Crippen LogP contribution in [-0.4, -0.2) is 29.2 Å². The number of urea groups is 1. The van der Waals surface area contributed by atoms with Gasteiger partial charge in [-0.05, 0) is 38.3 Å². The predicted molar refractivity (Wildman–Crippen MR) is 72.3 cm³/mol. The smallest absolute Gasteiger partial charge is 0.325 e. The van der Waals surface area contributed by atoms with E-state index in [9.17, 15) is 9.59 Å². The van der Waals surface area contributed by atoms with E-state index in [0.29, 0.717) is 0 Å². The van der Waals surface area contributed by atoms with E-state index in [0.717, 1.165) is 24.1 Å². The fourth-order valence-corrected chi connectivity index (χ4v) is 2.31. The van der Waals surface area contributed by atoms with Crippen molar-refractivity contribution in [2.45, 2.75) is 38.8 Å². The van der Waals surface area contributed by atoms with Gasteiger partial charge in [-0.3, -0.25) is 9.69 Å². The zero-order valence-electron chi connectivity index (χ0n) is 11.1. The van der Waals surface area contributed by atoms with Crippen LogP contribution in [0.2, 0.25) is 0 Å². The third-order valence-electron chi connectivity index (χ3n) is 3.45. The third-order valence-corrected chi connectivity index (χ3v) is 3.45. The van der Waals surface area contributed by atoms with Crippen LogP contribution in [0.5, 0.6) is 0 Å². The van der Waals surface area contributed by atoms with E-state index in [1.54, 1.807) is 4.90 Å². The number of anilines is 1. The lowest BCUT2D eigenvalue weighted by atomic mass is 9.97. The van der Waals surface area contributed by atoms with Gasteiger partial charge in [0.1, 0.15) is 6.04 Å². The van der Waals surface area contributed by atoms with Crippen molar-refractivity contribution in [1.82, 2.24) is 5.32 Å². The molecule has 102 valence electrons. The third kappa shape index (κ3) is 2.70. The van der Waals surface area contributed by atoms with Gasteiger partial charge >= 0.3 is 12.0 Å². The predicted octanol–water partition coefficient (Wildman–Crippen LogP) is 2.01. The van der Waals surface area contributed by atoms with Crippen LogP contribution >= 0.6 is 0 Å². The summed E-state index contributed by atoms with van der Waals surface area (Å²) in [4.78, 5) is 24.7. The van der Waals surface area contributed by atoms with Gasteiger partial charge in [-0.1, -0.05) is 18.2 Å². The Morgan fingerprint density at radius 1 is 1.42 bits per heavy atom. The van der Waals surface area contributed by atoms with Gasteiger partial charge < -0.3 is 10.4 Å². The Bertz CT molecular complexity index is 501. The molecule has 1 aliphatic heterocycles. The Morgan fingerprint density at radius 2 is 2.11 bits per heavy atom. The topological polar surface area (TPSA) is 69.6 Å². The van der Waals surface area contributed by atoms with Gasteiger partial charge in [0.05, 0.1) is 0 Å². The van der Waals surface area contributed by atoms with Crippen molar-refractivity contribution in [3.8, 4) is 0 Å². The average Bonchev–Trinajstić information content (AvgIpc) is 2.38. The number of aliphatic carboxylic acids is 1. The average molecular weight is 262 g/mol. The zero-order chi connectivity index (χ0) is 14.0. The molecular weight excluding hydrogens is 244 g/mol. The second kappa shape index (κ2) is 5.30. The Morgan fingerprint density at radius 3 is 2.79 bits per heavy atom. The Kier molecular flexibility index (Phi) is 3.74. The number of fused-ring (bicyclic) bond motifs is 1. The molecule has 5 nitrogen and oxygen atoms in total. The molecule has 19 heavy (non-hydrogen) atoms. The van der Waals surface area contributed by atoms with Crippen LogP contribution in [0.1, 0.15) is 25.8 Å². The van der Waals surface area contributed by atoms with Crippen LogP contribution in [-0.2, 0) is 11.2 Å². The monoisotopic (exact) mass is 262 g/mol. The molecule has 1 aromatic rings. The molecule has 1 unspecified atom stereocenters.